The lowest BCUT2D eigenvalue weighted by atomic mass is 10.2. The second kappa shape index (κ2) is 5.15. The Balaban J connectivity index is 1.90. The van der Waals surface area contributed by atoms with E-state index in [0.29, 0.717) is 21.3 Å². The quantitative estimate of drug-likeness (QED) is 0.780. The molecule has 0 saturated heterocycles. The highest BCUT2D eigenvalue weighted by Crippen LogP contribution is 2.29. The smallest absolute Gasteiger partial charge is 0.255 e. The van der Waals surface area contributed by atoms with Crippen molar-refractivity contribution in [1.82, 2.24) is 9.38 Å². The number of hydrogen-bond acceptors (Lipinski definition) is 2. The largest absolute Gasteiger partial charge is 0.321 e. The summed E-state index contributed by atoms with van der Waals surface area (Å²) in [5, 5.41) is 3.46. The monoisotopic (exact) mass is 305 g/mol. The summed E-state index contributed by atoms with van der Waals surface area (Å²) in [6.45, 7) is 0. The number of carbonyl (C=O) groups excluding carboxylic acids is 1. The number of nitrogens with one attached hydrogen (secondary N) is 1. The molecule has 0 fully saturated rings. The predicted octanol–water partition coefficient (Wildman–Crippen LogP) is 3.89. The molecule has 1 amide bonds. The van der Waals surface area contributed by atoms with Gasteiger partial charge in [0.15, 0.2) is 0 Å². The molecule has 0 radical (unpaired) electrons. The number of benzene rings is 1. The van der Waals surface area contributed by atoms with E-state index in [1.165, 1.54) is 0 Å². The van der Waals surface area contributed by atoms with Gasteiger partial charge in [-0.1, -0.05) is 29.3 Å². The lowest BCUT2D eigenvalue weighted by molar-refractivity contribution is 0.102. The summed E-state index contributed by atoms with van der Waals surface area (Å²) in [7, 11) is 0. The van der Waals surface area contributed by atoms with Gasteiger partial charge in [0.2, 0.25) is 0 Å². The fourth-order valence-corrected chi connectivity index (χ4v) is 2.20. The molecule has 20 heavy (non-hydrogen) atoms. The van der Waals surface area contributed by atoms with Crippen molar-refractivity contribution in [2.75, 3.05) is 5.32 Å². The van der Waals surface area contributed by atoms with Crippen LogP contribution in [0.4, 0.5) is 5.69 Å². The number of carbonyl (C=O) groups is 1. The molecule has 2 aromatic heterocycles. The molecule has 0 saturated carbocycles. The number of rotatable bonds is 2. The summed E-state index contributed by atoms with van der Waals surface area (Å²) in [5.41, 5.74) is 1.85. The third kappa shape index (κ3) is 2.35. The maximum Gasteiger partial charge on any atom is 0.255 e. The van der Waals surface area contributed by atoms with Crippen molar-refractivity contribution in [3.63, 3.8) is 0 Å². The average Bonchev–Trinajstić information content (AvgIpc) is 2.91. The zero-order chi connectivity index (χ0) is 14.1. The van der Waals surface area contributed by atoms with Gasteiger partial charge in [-0.3, -0.25) is 4.79 Å². The molecular weight excluding hydrogens is 297 g/mol. The molecule has 0 spiro atoms. The molecule has 0 aliphatic heterocycles. The summed E-state index contributed by atoms with van der Waals surface area (Å²) >= 11 is 12.0. The first-order valence-corrected chi connectivity index (χ1v) is 6.58. The first-order chi connectivity index (χ1) is 9.65. The first kappa shape index (κ1) is 13.0. The molecule has 2 heterocycles. The van der Waals surface area contributed by atoms with Crippen LogP contribution < -0.4 is 5.32 Å². The number of pyridine rings is 1. The van der Waals surface area contributed by atoms with Crippen molar-refractivity contribution < 1.29 is 4.79 Å². The van der Waals surface area contributed by atoms with Crippen LogP contribution in [-0.4, -0.2) is 15.3 Å². The van der Waals surface area contributed by atoms with Crippen molar-refractivity contribution in [3.8, 4) is 0 Å². The predicted molar refractivity (Wildman–Crippen MR) is 79.6 cm³/mol. The van der Waals surface area contributed by atoms with Crippen LogP contribution in [-0.2, 0) is 0 Å². The van der Waals surface area contributed by atoms with E-state index in [1.807, 2.05) is 4.40 Å². The van der Waals surface area contributed by atoms with Crippen LogP contribution in [0, 0.1) is 0 Å². The van der Waals surface area contributed by atoms with Gasteiger partial charge in [0.05, 0.1) is 33.8 Å². The minimum absolute atomic E-state index is 0.252. The van der Waals surface area contributed by atoms with Crippen LogP contribution in [0.15, 0.2) is 49.1 Å². The Kier molecular flexibility index (Phi) is 3.34. The van der Waals surface area contributed by atoms with Crippen LogP contribution in [0.2, 0.25) is 10.0 Å². The number of fused-ring (bicyclic) bond motifs is 1. The molecule has 0 aliphatic carbocycles. The van der Waals surface area contributed by atoms with E-state index in [9.17, 15) is 4.79 Å². The Morgan fingerprint density at radius 2 is 2.10 bits per heavy atom. The lowest BCUT2D eigenvalue weighted by Gasteiger charge is -2.08. The number of aromatic nitrogens is 2. The van der Waals surface area contributed by atoms with E-state index in [0.717, 1.165) is 5.52 Å². The number of hydrogen-bond donors (Lipinski definition) is 1. The van der Waals surface area contributed by atoms with Gasteiger partial charge < -0.3 is 9.72 Å². The van der Waals surface area contributed by atoms with Gasteiger partial charge in [-0.25, -0.2) is 4.98 Å². The topological polar surface area (TPSA) is 46.4 Å². The third-order valence-electron chi connectivity index (χ3n) is 2.88. The van der Waals surface area contributed by atoms with Gasteiger partial charge in [-0.2, -0.15) is 0 Å². The zero-order valence-electron chi connectivity index (χ0n) is 10.2. The number of amides is 1. The van der Waals surface area contributed by atoms with E-state index in [4.69, 9.17) is 23.2 Å². The van der Waals surface area contributed by atoms with E-state index in [-0.39, 0.29) is 5.91 Å². The number of anilines is 1. The molecule has 0 atom stereocenters. The van der Waals surface area contributed by atoms with Crippen molar-refractivity contribution in [2.24, 2.45) is 0 Å². The number of nitrogens with zero attached hydrogens (tertiary/aromatic N) is 2. The maximum atomic E-state index is 12.2. The molecule has 100 valence electrons. The maximum absolute atomic E-state index is 12.2. The van der Waals surface area contributed by atoms with E-state index >= 15 is 0 Å². The molecule has 0 aliphatic rings. The molecule has 3 aromatic rings. The molecule has 0 bridgehead atoms. The van der Waals surface area contributed by atoms with Gasteiger partial charge in [0.25, 0.3) is 5.91 Å². The number of imidazole rings is 1. The van der Waals surface area contributed by atoms with Crippen molar-refractivity contribution in [2.45, 2.75) is 0 Å². The Morgan fingerprint density at radius 1 is 1.25 bits per heavy atom. The lowest BCUT2D eigenvalue weighted by Crippen LogP contribution is -2.12. The molecule has 3 rings (SSSR count). The van der Waals surface area contributed by atoms with Crippen LogP contribution in [0.1, 0.15) is 10.4 Å². The zero-order valence-corrected chi connectivity index (χ0v) is 11.7. The fourth-order valence-electron chi connectivity index (χ4n) is 1.86. The van der Waals surface area contributed by atoms with E-state index in [1.54, 1.807) is 49.1 Å². The third-order valence-corrected chi connectivity index (χ3v) is 3.69. The van der Waals surface area contributed by atoms with Crippen LogP contribution in [0.25, 0.3) is 5.52 Å². The highest BCUT2D eigenvalue weighted by atomic mass is 35.5. The fraction of sp³-hybridized carbons (Fsp3) is 0. The minimum atomic E-state index is -0.252. The van der Waals surface area contributed by atoms with E-state index in [2.05, 4.69) is 10.3 Å². The Morgan fingerprint density at radius 3 is 2.95 bits per heavy atom. The first-order valence-electron chi connectivity index (χ1n) is 5.82. The molecular formula is C14H9Cl2N3O. The van der Waals surface area contributed by atoms with Gasteiger partial charge in [0, 0.05) is 11.8 Å². The summed E-state index contributed by atoms with van der Waals surface area (Å²) in [6, 6.07) is 8.55. The molecule has 1 N–H and O–H groups in total. The molecule has 6 heteroatoms. The van der Waals surface area contributed by atoms with Crippen LogP contribution in [0.3, 0.4) is 0 Å². The Labute approximate surface area is 125 Å². The molecule has 1 aromatic carbocycles. The Bertz CT molecular complexity index is 798. The van der Waals surface area contributed by atoms with E-state index < -0.39 is 0 Å². The SMILES string of the molecule is O=C(Nc1cccc(Cl)c1Cl)c1ccn2cncc2c1. The molecule has 4 nitrogen and oxygen atoms in total. The summed E-state index contributed by atoms with van der Waals surface area (Å²) in [6.07, 6.45) is 5.13. The average molecular weight is 306 g/mol. The van der Waals surface area contributed by atoms with Crippen molar-refractivity contribution in [1.29, 1.82) is 0 Å². The second-order valence-electron chi connectivity index (χ2n) is 4.20. The van der Waals surface area contributed by atoms with Gasteiger partial charge in [-0.15, -0.1) is 0 Å². The normalized spacial score (nSPS) is 10.7. The summed E-state index contributed by atoms with van der Waals surface area (Å²) in [4.78, 5) is 16.2. The van der Waals surface area contributed by atoms with Gasteiger partial charge in [0.1, 0.15) is 0 Å². The standard InChI is InChI=1S/C14H9Cl2N3O/c15-11-2-1-3-12(13(11)16)18-14(20)9-4-5-19-8-17-7-10(19)6-9/h1-8H,(H,18,20). The summed E-state index contributed by atoms with van der Waals surface area (Å²) in [5.74, 6) is -0.252. The number of halogens is 2. The van der Waals surface area contributed by atoms with Gasteiger partial charge in [-0.05, 0) is 24.3 Å². The minimum Gasteiger partial charge on any atom is -0.321 e. The van der Waals surface area contributed by atoms with Crippen LogP contribution in [0.5, 0.6) is 0 Å². The van der Waals surface area contributed by atoms with Crippen LogP contribution >= 0.6 is 23.2 Å². The van der Waals surface area contributed by atoms with Crippen molar-refractivity contribution in [3.05, 3.63) is 64.7 Å². The van der Waals surface area contributed by atoms with Gasteiger partial charge >= 0.3 is 0 Å². The summed E-state index contributed by atoms with van der Waals surface area (Å²) < 4.78 is 1.82. The highest BCUT2D eigenvalue weighted by molar-refractivity contribution is 6.44. The second-order valence-corrected chi connectivity index (χ2v) is 4.98. The Hall–Kier alpha value is -2.04. The molecule has 0 unspecified atom stereocenters. The van der Waals surface area contributed by atoms with Crippen molar-refractivity contribution >= 4 is 40.3 Å². The highest BCUT2D eigenvalue weighted by Gasteiger charge is 2.10.